The number of pyridine rings is 1. The molecule has 7 nitrogen and oxygen atoms in total. The molecule has 0 aliphatic carbocycles. The van der Waals surface area contributed by atoms with Gasteiger partial charge in [0.2, 0.25) is 0 Å². The van der Waals surface area contributed by atoms with Gasteiger partial charge in [0.15, 0.2) is 0 Å². The first kappa shape index (κ1) is 20.8. The van der Waals surface area contributed by atoms with Crippen molar-refractivity contribution in [3.05, 3.63) is 59.1 Å². The topological polar surface area (TPSA) is 93.5 Å². The number of carbonyl (C=O) groups is 1. The van der Waals surface area contributed by atoms with Gasteiger partial charge in [-0.3, -0.25) is 9.69 Å². The van der Waals surface area contributed by atoms with E-state index in [-0.39, 0.29) is 0 Å². The Hall–Kier alpha value is -3.13. The smallest absolute Gasteiger partial charge is 0.250 e. The second kappa shape index (κ2) is 8.78. The Balaban J connectivity index is 1.47. The van der Waals surface area contributed by atoms with Crippen LogP contribution < -0.4 is 10.5 Å². The zero-order valence-corrected chi connectivity index (χ0v) is 18.2. The van der Waals surface area contributed by atoms with Crippen LogP contribution in [0.5, 0.6) is 5.75 Å². The van der Waals surface area contributed by atoms with Gasteiger partial charge in [-0.25, -0.2) is 4.98 Å². The van der Waals surface area contributed by atoms with Crippen molar-refractivity contribution in [2.75, 3.05) is 39.5 Å². The van der Waals surface area contributed by atoms with Gasteiger partial charge in [0.25, 0.3) is 5.91 Å². The van der Waals surface area contributed by atoms with Crippen LogP contribution in [0.1, 0.15) is 10.4 Å². The second-order valence-electron chi connectivity index (χ2n) is 7.78. The van der Waals surface area contributed by atoms with Crippen LogP contribution in [0, 0.1) is 0 Å². The number of nitrogens with one attached hydrogen (secondary N) is 1. The number of nitrogens with two attached hydrogens (primary N) is 1. The highest BCUT2D eigenvalue weighted by atomic mass is 35.5. The molecule has 1 amide bonds. The van der Waals surface area contributed by atoms with Crippen LogP contribution in [0.25, 0.3) is 33.2 Å². The van der Waals surface area contributed by atoms with Gasteiger partial charge in [0.05, 0.1) is 41.0 Å². The number of hydrogen-bond acceptors (Lipinski definition) is 5. The highest BCUT2D eigenvalue weighted by molar-refractivity contribution is 6.30. The molecule has 0 saturated carbocycles. The molecule has 164 valence electrons. The van der Waals surface area contributed by atoms with E-state index in [9.17, 15) is 4.79 Å². The van der Waals surface area contributed by atoms with Crippen LogP contribution in [0.15, 0.2) is 48.5 Å². The second-order valence-corrected chi connectivity index (χ2v) is 8.22. The maximum atomic E-state index is 12.2. The summed E-state index contributed by atoms with van der Waals surface area (Å²) in [5.41, 5.74) is 9.76. The van der Waals surface area contributed by atoms with Crippen molar-refractivity contribution < 1.29 is 14.3 Å². The largest absolute Gasteiger partial charge is 0.492 e. The minimum Gasteiger partial charge on any atom is -0.492 e. The predicted molar refractivity (Wildman–Crippen MR) is 125 cm³/mol. The van der Waals surface area contributed by atoms with E-state index in [0.717, 1.165) is 55.1 Å². The standard InChI is InChI=1S/C24H23ClN4O3/c25-16-3-1-15(2-4-16)20-14-19(24(26)30)23-22(27-20)18-6-5-17(13-21(18)28-23)32-12-9-29-7-10-31-11-8-29/h1-6,13-14,28H,7-12H2,(H2,26,30). The van der Waals surface area contributed by atoms with Crippen LogP contribution in [0.4, 0.5) is 0 Å². The van der Waals surface area contributed by atoms with Gasteiger partial charge < -0.3 is 20.2 Å². The summed E-state index contributed by atoms with van der Waals surface area (Å²) in [5, 5.41) is 1.54. The SMILES string of the molecule is NC(=O)c1cc(-c2ccc(Cl)cc2)nc2c1[nH]c1cc(OCCN3CCOCC3)ccc12. The molecule has 2 aromatic heterocycles. The third-order valence-electron chi connectivity index (χ3n) is 5.71. The molecule has 3 heterocycles. The van der Waals surface area contributed by atoms with Crippen molar-refractivity contribution in [1.82, 2.24) is 14.9 Å². The highest BCUT2D eigenvalue weighted by Crippen LogP contribution is 2.32. The van der Waals surface area contributed by atoms with E-state index < -0.39 is 5.91 Å². The fourth-order valence-electron chi connectivity index (χ4n) is 4.00. The number of nitrogens with zero attached hydrogens (tertiary/aromatic N) is 2. The quantitative estimate of drug-likeness (QED) is 0.465. The summed E-state index contributed by atoms with van der Waals surface area (Å²) in [4.78, 5) is 22.7. The Labute approximate surface area is 190 Å². The molecule has 0 atom stereocenters. The maximum Gasteiger partial charge on any atom is 0.250 e. The zero-order chi connectivity index (χ0) is 22.1. The fourth-order valence-corrected chi connectivity index (χ4v) is 4.13. The van der Waals surface area contributed by atoms with Crippen molar-refractivity contribution in [3.63, 3.8) is 0 Å². The summed E-state index contributed by atoms with van der Waals surface area (Å²) in [5.74, 6) is 0.247. The Kier molecular flexibility index (Phi) is 5.70. The van der Waals surface area contributed by atoms with Gasteiger partial charge in [-0.2, -0.15) is 0 Å². The van der Waals surface area contributed by atoms with E-state index >= 15 is 0 Å². The Morgan fingerprint density at radius 3 is 2.69 bits per heavy atom. The number of halogens is 1. The number of aromatic nitrogens is 2. The average molecular weight is 451 g/mol. The first-order chi connectivity index (χ1) is 15.6. The Bertz CT molecular complexity index is 1280. The Morgan fingerprint density at radius 2 is 1.94 bits per heavy atom. The molecule has 0 spiro atoms. The molecular formula is C24H23ClN4O3. The third-order valence-corrected chi connectivity index (χ3v) is 5.96. The van der Waals surface area contributed by atoms with Gasteiger partial charge >= 0.3 is 0 Å². The number of H-pyrrole nitrogens is 1. The van der Waals surface area contributed by atoms with Crippen molar-refractivity contribution in [2.45, 2.75) is 0 Å². The van der Waals surface area contributed by atoms with Crippen molar-refractivity contribution in [3.8, 4) is 17.0 Å². The molecular weight excluding hydrogens is 428 g/mol. The molecule has 0 bridgehead atoms. The summed E-state index contributed by atoms with van der Waals surface area (Å²) in [6, 6.07) is 14.9. The van der Waals surface area contributed by atoms with Crippen LogP contribution in [0.2, 0.25) is 5.02 Å². The summed E-state index contributed by atoms with van der Waals surface area (Å²) >= 11 is 6.01. The summed E-state index contributed by atoms with van der Waals surface area (Å²) in [6.07, 6.45) is 0. The number of aromatic amines is 1. The molecule has 32 heavy (non-hydrogen) atoms. The molecule has 5 rings (SSSR count). The number of ether oxygens (including phenoxy) is 2. The number of hydrogen-bond donors (Lipinski definition) is 2. The van der Waals surface area contributed by atoms with Crippen molar-refractivity contribution >= 4 is 39.4 Å². The van der Waals surface area contributed by atoms with Crippen molar-refractivity contribution in [1.29, 1.82) is 0 Å². The minimum atomic E-state index is -0.513. The molecule has 0 unspecified atom stereocenters. The van der Waals surface area contributed by atoms with Gasteiger partial charge in [-0.1, -0.05) is 23.7 Å². The maximum absolute atomic E-state index is 12.2. The monoisotopic (exact) mass is 450 g/mol. The normalized spacial score (nSPS) is 14.8. The number of primary amides is 1. The number of morpholine rings is 1. The molecule has 2 aromatic carbocycles. The third kappa shape index (κ3) is 4.14. The van der Waals surface area contributed by atoms with E-state index in [1.807, 2.05) is 30.3 Å². The molecule has 3 N–H and O–H groups in total. The zero-order valence-electron chi connectivity index (χ0n) is 17.4. The van der Waals surface area contributed by atoms with E-state index in [2.05, 4.69) is 9.88 Å². The lowest BCUT2D eigenvalue weighted by molar-refractivity contribution is 0.0322. The number of carbonyl (C=O) groups excluding carboxylic acids is 1. The van der Waals surface area contributed by atoms with Gasteiger partial charge in [0, 0.05) is 41.7 Å². The lowest BCUT2D eigenvalue weighted by atomic mass is 10.1. The van der Waals surface area contributed by atoms with Gasteiger partial charge in [-0.15, -0.1) is 0 Å². The lowest BCUT2D eigenvalue weighted by Gasteiger charge is -2.26. The van der Waals surface area contributed by atoms with Crippen LogP contribution in [-0.4, -0.2) is 60.2 Å². The van der Waals surface area contributed by atoms with E-state index in [1.54, 1.807) is 18.2 Å². The minimum absolute atomic E-state index is 0.394. The molecule has 1 fully saturated rings. The first-order valence-corrected chi connectivity index (χ1v) is 10.9. The average Bonchev–Trinajstić information content (AvgIpc) is 3.17. The summed E-state index contributed by atoms with van der Waals surface area (Å²) < 4.78 is 11.3. The van der Waals surface area contributed by atoms with Crippen LogP contribution in [0.3, 0.4) is 0 Å². The lowest BCUT2D eigenvalue weighted by Crippen LogP contribution is -2.38. The van der Waals surface area contributed by atoms with E-state index in [1.165, 1.54) is 0 Å². The molecule has 1 saturated heterocycles. The highest BCUT2D eigenvalue weighted by Gasteiger charge is 2.17. The molecule has 8 heteroatoms. The fraction of sp³-hybridized carbons (Fsp3) is 0.250. The van der Waals surface area contributed by atoms with E-state index in [0.29, 0.717) is 33.9 Å². The number of fused-ring (bicyclic) bond motifs is 3. The Morgan fingerprint density at radius 1 is 1.16 bits per heavy atom. The van der Waals surface area contributed by atoms with Crippen LogP contribution in [-0.2, 0) is 4.74 Å². The van der Waals surface area contributed by atoms with Gasteiger partial charge in [0.1, 0.15) is 12.4 Å². The van der Waals surface area contributed by atoms with Crippen molar-refractivity contribution in [2.24, 2.45) is 5.73 Å². The predicted octanol–water partition coefficient (Wildman–Crippen LogP) is 3.85. The number of rotatable bonds is 6. The first-order valence-electron chi connectivity index (χ1n) is 10.5. The molecule has 1 aliphatic rings. The molecule has 4 aromatic rings. The molecule has 1 aliphatic heterocycles. The van der Waals surface area contributed by atoms with Gasteiger partial charge in [-0.05, 0) is 30.3 Å². The number of amides is 1. The summed E-state index contributed by atoms with van der Waals surface area (Å²) in [6.45, 7) is 4.86. The molecule has 0 radical (unpaired) electrons. The van der Waals surface area contributed by atoms with E-state index in [4.69, 9.17) is 31.8 Å². The summed E-state index contributed by atoms with van der Waals surface area (Å²) in [7, 11) is 0. The van der Waals surface area contributed by atoms with Crippen LogP contribution >= 0.6 is 11.6 Å². The number of benzene rings is 2.